The normalized spacial score (nSPS) is 20.7. The lowest BCUT2D eigenvalue weighted by molar-refractivity contribution is -0.160. The Morgan fingerprint density at radius 3 is 3.00 bits per heavy atom. The number of nitrogens with zero attached hydrogens (tertiary/aromatic N) is 3. The van der Waals surface area contributed by atoms with Crippen molar-refractivity contribution in [3.05, 3.63) is 11.7 Å². The fourth-order valence-electron chi connectivity index (χ4n) is 1.88. The molecular weight excluding hydrogens is 250 g/mol. The number of rotatable bonds is 4. The second kappa shape index (κ2) is 6.12. The van der Waals surface area contributed by atoms with Gasteiger partial charge >= 0.3 is 5.97 Å². The van der Waals surface area contributed by atoms with E-state index in [1.165, 1.54) is 7.11 Å². The van der Waals surface area contributed by atoms with Gasteiger partial charge in [0.25, 0.3) is 0 Å². The summed E-state index contributed by atoms with van der Waals surface area (Å²) in [6.07, 6.45) is -0.536. The molecule has 2 heterocycles. The highest BCUT2D eigenvalue weighted by molar-refractivity contribution is 5.74. The fraction of sp³-hybridized carbons (Fsp3) is 0.750. The van der Waals surface area contributed by atoms with Crippen LogP contribution in [-0.4, -0.2) is 53.9 Å². The van der Waals surface area contributed by atoms with Crippen molar-refractivity contribution in [2.75, 3.05) is 26.8 Å². The Hall–Kier alpha value is -1.47. The zero-order valence-electron chi connectivity index (χ0n) is 11.5. The maximum absolute atomic E-state index is 11.4. The van der Waals surface area contributed by atoms with Crippen molar-refractivity contribution in [2.24, 2.45) is 0 Å². The average Bonchev–Trinajstić information content (AvgIpc) is 2.87. The van der Waals surface area contributed by atoms with Crippen LogP contribution in [0.3, 0.4) is 0 Å². The van der Waals surface area contributed by atoms with E-state index in [0.717, 1.165) is 6.54 Å². The quantitative estimate of drug-likeness (QED) is 0.739. The van der Waals surface area contributed by atoms with Crippen LogP contribution in [0, 0.1) is 0 Å². The van der Waals surface area contributed by atoms with Gasteiger partial charge in [-0.05, 0) is 0 Å². The van der Waals surface area contributed by atoms with Crippen molar-refractivity contribution in [1.82, 2.24) is 15.0 Å². The molecule has 1 aromatic rings. The second-order valence-corrected chi connectivity index (χ2v) is 4.82. The number of carbonyl (C=O) groups is 1. The van der Waals surface area contributed by atoms with Crippen LogP contribution in [0.2, 0.25) is 0 Å². The molecule has 0 aromatic carbocycles. The van der Waals surface area contributed by atoms with E-state index in [9.17, 15) is 4.79 Å². The van der Waals surface area contributed by atoms with E-state index in [0.29, 0.717) is 31.4 Å². The van der Waals surface area contributed by atoms with Crippen LogP contribution in [0.5, 0.6) is 0 Å². The summed E-state index contributed by atoms with van der Waals surface area (Å²) < 4.78 is 15.2. The monoisotopic (exact) mass is 269 g/mol. The third-order valence-electron chi connectivity index (χ3n) is 2.97. The Bertz CT molecular complexity index is 432. The van der Waals surface area contributed by atoms with Gasteiger partial charge in [0.05, 0.1) is 20.3 Å². The van der Waals surface area contributed by atoms with E-state index in [1.807, 2.05) is 18.7 Å². The standard InChI is InChI=1S/C12H19N3O4/c1-8(2)11-13-10(19-14-11)7-15-4-5-18-9(6-15)12(16)17-3/h8-9H,4-7H2,1-3H3. The van der Waals surface area contributed by atoms with E-state index in [2.05, 4.69) is 14.9 Å². The van der Waals surface area contributed by atoms with Crippen LogP contribution < -0.4 is 0 Å². The predicted octanol–water partition coefficient (Wildman–Crippen LogP) is 0.567. The molecule has 1 saturated heterocycles. The molecule has 1 unspecified atom stereocenters. The Labute approximate surface area is 111 Å². The van der Waals surface area contributed by atoms with Crippen molar-refractivity contribution in [3.63, 3.8) is 0 Å². The zero-order valence-corrected chi connectivity index (χ0v) is 11.5. The summed E-state index contributed by atoms with van der Waals surface area (Å²) in [6, 6.07) is 0. The first-order valence-electron chi connectivity index (χ1n) is 6.34. The molecule has 1 aliphatic rings. The maximum atomic E-state index is 11.4. The van der Waals surface area contributed by atoms with Crippen molar-refractivity contribution >= 4 is 5.97 Å². The average molecular weight is 269 g/mol. The van der Waals surface area contributed by atoms with Gasteiger partial charge in [-0.2, -0.15) is 4.98 Å². The van der Waals surface area contributed by atoms with Gasteiger partial charge in [0, 0.05) is 19.0 Å². The van der Waals surface area contributed by atoms with Crippen molar-refractivity contribution in [1.29, 1.82) is 0 Å². The van der Waals surface area contributed by atoms with Crippen LogP contribution in [0.1, 0.15) is 31.5 Å². The molecule has 7 heteroatoms. The van der Waals surface area contributed by atoms with Gasteiger partial charge in [-0.25, -0.2) is 4.79 Å². The third-order valence-corrected chi connectivity index (χ3v) is 2.97. The van der Waals surface area contributed by atoms with E-state index in [-0.39, 0.29) is 11.9 Å². The predicted molar refractivity (Wildman–Crippen MR) is 65.4 cm³/mol. The van der Waals surface area contributed by atoms with Crippen LogP contribution in [0.15, 0.2) is 4.52 Å². The van der Waals surface area contributed by atoms with Gasteiger partial charge in [0.1, 0.15) is 0 Å². The fourth-order valence-corrected chi connectivity index (χ4v) is 1.88. The van der Waals surface area contributed by atoms with Crippen molar-refractivity contribution in [2.45, 2.75) is 32.4 Å². The molecule has 1 aliphatic heterocycles. The number of carbonyl (C=O) groups excluding carboxylic acids is 1. The first-order chi connectivity index (χ1) is 9.10. The summed E-state index contributed by atoms with van der Waals surface area (Å²) >= 11 is 0. The van der Waals surface area contributed by atoms with Crippen LogP contribution in [0.25, 0.3) is 0 Å². The molecule has 2 rings (SSSR count). The summed E-state index contributed by atoms with van der Waals surface area (Å²) in [5.41, 5.74) is 0. The van der Waals surface area contributed by atoms with Gasteiger partial charge < -0.3 is 14.0 Å². The van der Waals surface area contributed by atoms with E-state index in [4.69, 9.17) is 9.26 Å². The number of ether oxygens (including phenoxy) is 2. The Kier molecular flexibility index (Phi) is 4.49. The summed E-state index contributed by atoms with van der Waals surface area (Å²) in [4.78, 5) is 17.8. The van der Waals surface area contributed by atoms with E-state index >= 15 is 0 Å². The minimum absolute atomic E-state index is 0.241. The molecule has 0 bridgehead atoms. The van der Waals surface area contributed by atoms with Crippen molar-refractivity contribution in [3.8, 4) is 0 Å². The number of hydrogen-bond acceptors (Lipinski definition) is 7. The molecule has 1 fully saturated rings. The summed E-state index contributed by atoms with van der Waals surface area (Å²) in [7, 11) is 1.36. The van der Waals surface area contributed by atoms with Gasteiger partial charge in [-0.1, -0.05) is 19.0 Å². The summed E-state index contributed by atoms with van der Waals surface area (Å²) in [6.45, 7) is 6.24. The molecule has 0 spiro atoms. The molecule has 19 heavy (non-hydrogen) atoms. The number of hydrogen-bond donors (Lipinski definition) is 0. The molecule has 0 N–H and O–H groups in total. The minimum Gasteiger partial charge on any atom is -0.467 e. The van der Waals surface area contributed by atoms with Gasteiger partial charge in [0.15, 0.2) is 11.9 Å². The number of methoxy groups -OCH3 is 1. The highest BCUT2D eigenvalue weighted by Gasteiger charge is 2.28. The molecule has 1 atom stereocenters. The highest BCUT2D eigenvalue weighted by Crippen LogP contribution is 2.13. The Morgan fingerprint density at radius 2 is 2.37 bits per heavy atom. The van der Waals surface area contributed by atoms with Crippen LogP contribution >= 0.6 is 0 Å². The third kappa shape index (κ3) is 3.51. The first-order valence-corrected chi connectivity index (χ1v) is 6.34. The van der Waals surface area contributed by atoms with Crippen LogP contribution in [0.4, 0.5) is 0 Å². The summed E-state index contributed by atoms with van der Waals surface area (Å²) in [5.74, 6) is 1.16. The van der Waals surface area contributed by atoms with Gasteiger partial charge in [-0.15, -0.1) is 0 Å². The largest absolute Gasteiger partial charge is 0.467 e. The van der Waals surface area contributed by atoms with E-state index < -0.39 is 6.10 Å². The lowest BCUT2D eigenvalue weighted by atomic mass is 10.2. The topological polar surface area (TPSA) is 77.7 Å². The Morgan fingerprint density at radius 1 is 1.58 bits per heavy atom. The molecule has 106 valence electrons. The smallest absolute Gasteiger partial charge is 0.336 e. The van der Waals surface area contributed by atoms with E-state index in [1.54, 1.807) is 0 Å². The number of morpholine rings is 1. The van der Waals surface area contributed by atoms with Gasteiger partial charge in [-0.3, -0.25) is 4.90 Å². The zero-order chi connectivity index (χ0) is 13.8. The number of aromatic nitrogens is 2. The molecule has 7 nitrogen and oxygen atoms in total. The maximum Gasteiger partial charge on any atom is 0.336 e. The van der Waals surface area contributed by atoms with Crippen LogP contribution in [-0.2, 0) is 20.8 Å². The van der Waals surface area contributed by atoms with Crippen molar-refractivity contribution < 1.29 is 18.8 Å². The Balaban J connectivity index is 1.92. The highest BCUT2D eigenvalue weighted by atomic mass is 16.6. The SMILES string of the molecule is COC(=O)C1CN(Cc2nc(C(C)C)no2)CCO1. The molecule has 0 aliphatic carbocycles. The second-order valence-electron chi connectivity index (χ2n) is 4.82. The minimum atomic E-state index is -0.536. The first kappa shape index (κ1) is 14.0. The lowest BCUT2D eigenvalue weighted by Crippen LogP contribution is -2.46. The molecule has 1 aromatic heterocycles. The molecular formula is C12H19N3O4. The summed E-state index contributed by atoms with van der Waals surface area (Å²) in [5, 5.41) is 3.92. The van der Waals surface area contributed by atoms with Gasteiger partial charge in [0.2, 0.25) is 5.89 Å². The lowest BCUT2D eigenvalue weighted by Gasteiger charge is -2.30. The molecule has 0 amide bonds. The number of esters is 1. The molecule has 0 radical (unpaired) electrons. The molecule has 0 saturated carbocycles.